The van der Waals surface area contributed by atoms with Crippen molar-refractivity contribution in [2.45, 2.75) is 19.6 Å². The van der Waals surface area contributed by atoms with Gasteiger partial charge in [0.2, 0.25) is 5.76 Å². The van der Waals surface area contributed by atoms with Gasteiger partial charge in [-0.3, -0.25) is 10.1 Å². The largest absolute Gasteiger partial charge is 0.486 e. The first-order chi connectivity index (χ1) is 12.0. The van der Waals surface area contributed by atoms with Crippen LogP contribution < -0.4 is 15.4 Å². The number of esters is 1. The fourth-order valence-electron chi connectivity index (χ4n) is 1.78. The molecule has 1 aromatic heterocycles. The first-order valence-electron chi connectivity index (χ1n) is 7.49. The van der Waals surface area contributed by atoms with E-state index in [1.165, 1.54) is 20.0 Å². The van der Waals surface area contributed by atoms with E-state index >= 15 is 0 Å². The van der Waals surface area contributed by atoms with Crippen molar-refractivity contribution in [3.63, 3.8) is 0 Å². The van der Waals surface area contributed by atoms with Crippen molar-refractivity contribution < 1.29 is 28.3 Å². The number of ether oxygens (including phenoxy) is 2. The lowest BCUT2D eigenvalue weighted by atomic mass is 10.3. The summed E-state index contributed by atoms with van der Waals surface area (Å²) in [4.78, 5) is 34.7. The molecular weight excluding hydrogens is 328 g/mol. The third kappa shape index (κ3) is 5.38. The van der Waals surface area contributed by atoms with Crippen LogP contribution in [0.1, 0.15) is 23.2 Å². The zero-order chi connectivity index (χ0) is 18.2. The SMILES string of the molecule is CNC(=O)NC(=O)[C@@H](C)OC(=O)c1ccc(COc2ccccc2)o1. The Morgan fingerprint density at radius 2 is 1.84 bits per heavy atom. The maximum Gasteiger partial charge on any atom is 0.375 e. The van der Waals surface area contributed by atoms with Gasteiger partial charge >= 0.3 is 12.0 Å². The topological polar surface area (TPSA) is 107 Å². The van der Waals surface area contributed by atoms with E-state index in [0.29, 0.717) is 11.5 Å². The summed E-state index contributed by atoms with van der Waals surface area (Å²) in [5.74, 6) is -0.524. The first-order valence-corrected chi connectivity index (χ1v) is 7.49. The van der Waals surface area contributed by atoms with E-state index in [2.05, 4.69) is 5.32 Å². The summed E-state index contributed by atoms with van der Waals surface area (Å²) in [6.07, 6.45) is -1.15. The lowest BCUT2D eigenvalue weighted by molar-refractivity contribution is -0.128. The second kappa shape index (κ2) is 8.53. The molecule has 2 N–H and O–H groups in total. The summed E-state index contributed by atoms with van der Waals surface area (Å²) < 4.78 is 15.8. The minimum atomic E-state index is -1.15. The van der Waals surface area contributed by atoms with Crippen LogP contribution >= 0.6 is 0 Å². The van der Waals surface area contributed by atoms with Crippen molar-refractivity contribution in [3.8, 4) is 5.75 Å². The van der Waals surface area contributed by atoms with Gasteiger partial charge in [0.25, 0.3) is 5.91 Å². The normalized spacial score (nSPS) is 11.3. The predicted molar refractivity (Wildman–Crippen MR) is 87.0 cm³/mol. The minimum Gasteiger partial charge on any atom is -0.486 e. The highest BCUT2D eigenvalue weighted by molar-refractivity contribution is 5.97. The maximum atomic E-state index is 12.0. The van der Waals surface area contributed by atoms with Gasteiger partial charge < -0.3 is 19.2 Å². The van der Waals surface area contributed by atoms with Gasteiger partial charge in [0, 0.05) is 7.05 Å². The summed E-state index contributed by atoms with van der Waals surface area (Å²) in [6, 6.07) is 11.5. The number of hydrogen-bond acceptors (Lipinski definition) is 6. The Balaban J connectivity index is 1.87. The Morgan fingerprint density at radius 1 is 1.12 bits per heavy atom. The molecule has 8 heteroatoms. The molecule has 0 aliphatic carbocycles. The fraction of sp³-hybridized carbons (Fsp3) is 0.235. The molecule has 2 aromatic rings. The molecule has 0 aliphatic rings. The molecule has 0 aliphatic heterocycles. The highest BCUT2D eigenvalue weighted by Crippen LogP contribution is 2.15. The van der Waals surface area contributed by atoms with Crippen LogP contribution in [-0.4, -0.2) is 31.1 Å². The van der Waals surface area contributed by atoms with E-state index in [4.69, 9.17) is 13.9 Å². The summed E-state index contributed by atoms with van der Waals surface area (Å²) in [5.41, 5.74) is 0. The van der Waals surface area contributed by atoms with Gasteiger partial charge in [-0.15, -0.1) is 0 Å². The smallest absolute Gasteiger partial charge is 0.375 e. The van der Waals surface area contributed by atoms with Crippen LogP contribution in [0.5, 0.6) is 5.75 Å². The van der Waals surface area contributed by atoms with Crippen LogP contribution in [0.3, 0.4) is 0 Å². The monoisotopic (exact) mass is 346 g/mol. The Bertz CT molecular complexity index is 741. The summed E-state index contributed by atoms with van der Waals surface area (Å²) >= 11 is 0. The molecule has 0 bridgehead atoms. The number of nitrogens with one attached hydrogen (secondary N) is 2. The summed E-state index contributed by atoms with van der Waals surface area (Å²) in [6.45, 7) is 1.49. The van der Waals surface area contributed by atoms with Gasteiger partial charge in [-0.25, -0.2) is 9.59 Å². The quantitative estimate of drug-likeness (QED) is 0.773. The third-order valence-electron chi connectivity index (χ3n) is 3.10. The van der Waals surface area contributed by atoms with Crippen LogP contribution in [0.15, 0.2) is 46.9 Å². The van der Waals surface area contributed by atoms with Gasteiger partial charge in [0.1, 0.15) is 18.1 Å². The average molecular weight is 346 g/mol. The summed E-state index contributed by atoms with van der Waals surface area (Å²) in [5, 5.41) is 4.24. The number of imide groups is 1. The third-order valence-corrected chi connectivity index (χ3v) is 3.10. The van der Waals surface area contributed by atoms with Crippen molar-refractivity contribution in [2.24, 2.45) is 0 Å². The zero-order valence-electron chi connectivity index (χ0n) is 13.8. The standard InChI is InChI=1S/C17H18N2O6/c1-11(15(20)19-17(22)18-2)24-16(21)14-9-8-13(25-14)10-23-12-6-4-3-5-7-12/h3-9,11H,10H2,1-2H3,(H2,18,19,20,22)/t11-/m1/s1. The highest BCUT2D eigenvalue weighted by atomic mass is 16.6. The lowest BCUT2D eigenvalue weighted by Gasteiger charge is -2.11. The molecule has 8 nitrogen and oxygen atoms in total. The fourth-order valence-corrected chi connectivity index (χ4v) is 1.78. The van der Waals surface area contributed by atoms with Crippen molar-refractivity contribution in [1.29, 1.82) is 0 Å². The lowest BCUT2D eigenvalue weighted by Crippen LogP contribution is -2.43. The maximum absolute atomic E-state index is 12.0. The number of para-hydroxylation sites is 1. The van der Waals surface area contributed by atoms with Crippen LogP contribution in [-0.2, 0) is 16.1 Å². The number of rotatable bonds is 6. The van der Waals surface area contributed by atoms with Crippen LogP contribution in [0.2, 0.25) is 0 Å². The molecule has 0 saturated carbocycles. The molecule has 3 amide bonds. The van der Waals surface area contributed by atoms with Crippen LogP contribution in [0.25, 0.3) is 0 Å². The van der Waals surface area contributed by atoms with Gasteiger partial charge in [0.15, 0.2) is 6.10 Å². The van der Waals surface area contributed by atoms with Gasteiger partial charge in [-0.2, -0.15) is 0 Å². The molecule has 0 radical (unpaired) electrons. The van der Waals surface area contributed by atoms with E-state index in [-0.39, 0.29) is 12.4 Å². The van der Waals surface area contributed by atoms with Crippen molar-refractivity contribution in [3.05, 3.63) is 54.0 Å². The van der Waals surface area contributed by atoms with Crippen molar-refractivity contribution in [2.75, 3.05) is 7.05 Å². The minimum absolute atomic E-state index is 0.0637. The molecule has 132 valence electrons. The number of carbonyl (C=O) groups excluding carboxylic acids is 3. The molecule has 1 heterocycles. The number of carbonyl (C=O) groups is 3. The van der Waals surface area contributed by atoms with Crippen molar-refractivity contribution in [1.82, 2.24) is 10.6 Å². The second-order valence-corrected chi connectivity index (χ2v) is 4.98. The Kier molecular flexibility index (Phi) is 6.16. The molecule has 0 saturated heterocycles. The van der Waals surface area contributed by atoms with E-state index in [1.54, 1.807) is 18.2 Å². The second-order valence-electron chi connectivity index (χ2n) is 4.98. The molecule has 1 aromatic carbocycles. The van der Waals surface area contributed by atoms with E-state index < -0.39 is 24.0 Å². The van der Waals surface area contributed by atoms with Gasteiger partial charge in [-0.1, -0.05) is 18.2 Å². The van der Waals surface area contributed by atoms with Gasteiger partial charge in [0.05, 0.1) is 0 Å². The van der Waals surface area contributed by atoms with E-state index in [0.717, 1.165) is 0 Å². The molecule has 0 fully saturated rings. The molecular formula is C17H18N2O6. The average Bonchev–Trinajstić information content (AvgIpc) is 3.09. The van der Waals surface area contributed by atoms with E-state index in [9.17, 15) is 14.4 Å². The number of urea groups is 1. The van der Waals surface area contributed by atoms with E-state index in [1.807, 2.05) is 23.5 Å². The number of benzene rings is 1. The molecule has 0 unspecified atom stereocenters. The molecule has 25 heavy (non-hydrogen) atoms. The number of hydrogen-bond donors (Lipinski definition) is 2. The summed E-state index contributed by atoms with van der Waals surface area (Å²) in [7, 11) is 1.36. The van der Waals surface area contributed by atoms with Crippen LogP contribution in [0, 0.1) is 0 Å². The van der Waals surface area contributed by atoms with Gasteiger partial charge in [-0.05, 0) is 31.2 Å². The highest BCUT2D eigenvalue weighted by Gasteiger charge is 2.22. The first kappa shape index (κ1) is 18.1. The van der Waals surface area contributed by atoms with Crippen molar-refractivity contribution >= 4 is 17.9 Å². The van der Waals surface area contributed by atoms with Crippen LogP contribution in [0.4, 0.5) is 4.79 Å². The zero-order valence-corrected chi connectivity index (χ0v) is 13.8. The Morgan fingerprint density at radius 3 is 2.52 bits per heavy atom. The Hall–Kier alpha value is -3.29. The molecule has 2 rings (SSSR count). The molecule has 1 atom stereocenters. The number of furan rings is 1. The predicted octanol–water partition coefficient (Wildman–Crippen LogP) is 1.86. The number of amides is 3. The Labute approximate surface area is 144 Å². The molecule has 0 spiro atoms.